The van der Waals surface area contributed by atoms with Crippen LogP contribution in [0.3, 0.4) is 0 Å². The van der Waals surface area contributed by atoms with Crippen molar-refractivity contribution in [3.63, 3.8) is 0 Å². The zero-order valence-corrected chi connectivity index (χ0v) is 28.5. The van der Waals surface area contributed by atoms with Crippen LogP contribution in [0, 0.1) is 18.3 Å². The van der Waals surface area contributed by atoms with Crippen LogP contribution in [0.15, 0.2) is 30.5 Å². The maximum Gasteiger partial charge on any atom is 0.414 e. The van der Waals surface area contributed by atoms with Crippen LogP contribution in [0.4, 0.5) is 31.0 Å². The Morgan fingerprint density at radius 2 is 1.89 bits per heavy atom. The van der Waals surface area contributed by atoms with E-state index in [1.165, 1.54) is 9.58 Å². The fourth-order valence-corrected chi connectivity index (χ4v) is 5.70. The third-order valence-electron chi connectivity index (χ3n) is 7.82. The van der Waals surface area contributed by atoms with Crippen molar-refractivity contribution < 1.29 is 22.5 Å². The predicted octanol–water partition coefficient (Wildman–Crippen LogP) is 7.34. The van der Waals surface area contributed by atoms with Gasteiger partial charge in [0, 0.05) is 34.5 Å². The van der Waals surface area contributed by atoms with Crippen molar-refractivity contribution >= 4 is 33.9 Å². The number of carbonyl (C=O) groups excluding carboxylic acids is 1. The summed E-state index contributed by atoms with van der Waals surface area (Å²) in [5.74, 6) is 0.511. The Labute approximate surface area is 265 Å². The Morgan fingerprint density at radius 3 is 2.49 bits per heavy atom. The lowest BCUT2D eigenvalue weighted by atomic mass is 9.83. The number of benzene rings is 1. The van der Waals surface area contributed by atoms with Gasteiger partial charge in [-0.1, -0.05) is 27.7 Å². The van der Waals surface area contributed by atoms with Gasteiger partial charge in [0.05, 0.1) is 29.2 Å². The van der Waals surface area contributed by atoms with Gasteiger partial charge in [-0.25, -0.2) is 28.2 Å². The summed E-state index contributed by atoms with van der Waals surface area (Å²) in [5, 5.41) is 17.4. The van der Waals surface area contributed by atoms with Gasteiger partial charge in [0.2, 0.25) is 5.95 Å². The van der Waals surface area contributed by atoms with Crippen LogP contribution in [0.5, 0.6) is 0 Å². The Kier molecular flexibility index (Phi) is 9.26. The summed E-state index contributed by atoms with van der Waals surface area (Å²) < 4.78 is 39.7. The quantitative estimate of drug-likeness (QED) is 0.271. The maximum absolute atomic E-state index is 13.5. The number of nitrogens with one attached hydrogen (secondary N) is 1. The van der Waals surface area contributed by atoms with E-state index in [-0.39, 0.29) is 17.2 Å². The average Bonchev–Trinajstić information content (AvgIpc) is 3.41. The first-order valence-corrected chi connectivity index (χ1v) is 17.0. The van der Waals surface area contributed by atoms with Crippen LogP contribution in [-0.4, -0.2) is 68.3 Å². The number of rotatable bonds is 8. The SMILES string of the molecule is Cc1cc(Nc2nccc(-c3cc(C#N)c4c(c3)C(C)(COS(C)(C)C(C)(C)C)CN4C(=O)OC(C)(C)C)n2)n(CC(F)F)n1. The molecule has 4 rings (SSSR count). The van der Waals surface area contributed by atoms with Crippen molar-refractivity contribution in [2.45, 2.75) is 84.1 Å². The average molecular weight is 644 g/mol. The van der Waals surface area contributed by atoms with E-state index in [9.17, 15) is 18.8 Å². The molecule has 0 bridgehead atoms. The van der Waals surface area contributed by atoms with E-state index in [2.05, 4.69) is 59.7 Å². The molecule has 2 aromatic heterocycles. The molecule has 13 heteroatoms. The second kappa shape index (κ2) is 12.2. The maximum atomic E-state index is 13.5. The van der Waals surface area contributed by atoms with E-state index >= 15 is 0 Å². The number of halogens is 2. The molecule has 1 amide bonds. The van der Waals surface area contributed by atoms with Gasteiger partial charge in [-0.2, -0.15) is 10.4 Å². The Morgan fingerprint density at radius 1 is 1.20 bits per heavy atom. The number of anilines is 3. The molecule has 10 nitrogen and oxygen atoms in total. The van der Waals surface area contributed by atoms with Gasteiger partial charge in [-0.05, 0) is 64.0 Å². The number of hydrogen-bond donors (Lipinski definition) is 1. The van der Waals surface area contributed by atoms with Crippen molar-refractivity contribution in [2.75, 3.05) is 35.9 Å². The molecule has 1 atom stereocenters. The first-order chi connectivity index (χ1) is 20.7. The Hall–Kier alpha value is -3.76. The second-order valence-electron chi connectivity index (χ2n) is 13.9. The molecule has 1 aliphatic rings. The standard InChI is InChI=1S/C32H43F2N7O3S/c1-20-13-26(41(39-20)17-25(33)34)38-28-36-12-11-24(37-28)21-14-22(16-35)27-23(15-21)32(8,19-43-45(9,10)31(5,6)7)18-40(27)29(42)44-30(2,3)4/h11-15,25H,17-19H2,1-10H3,(H,36,37,38). The summed E-state index contributed by atoms with van der Waals surface area (Å²) in [7, 11) is -1.50. The van der Waals surface area contributed by atoms with Crippen LogP contribution in [-0.2, 0) is 20.9 Å². The molecule has 0 aliphatic carbocycles. The number of ether oxygens (including phenoxy) is 1. The molecule has 0 saturated heterocycles. The van der Waals surface area contributed by atoms with Gasteiger partial charge in [-0.3, -0.25) is 4.90 Å². The summed E-state index contributed by atoms with van der Waals surface area (Å²) in [6.45, 7) is 15.6. The number of aromatic nitrogens is 4. The zero-order chi connectivity index (χ0) is 33.5. The minimum Gasteiger partial charge on any atom is -0.443 e. The molecule has 1 aliphatic heterocycles. The van der Waals surface area contributed by atoms with Gasteiger partial charge in [0.15, 0.2) is 0 Å². The second-order valence-corrected chi connectivity index (χ2v) is 17.8. The Bertz CT molecular complexity index is 1620. The highest BCUT2D eigenvalue weighted by atomic mass is 32.3. The molecule has 3 heterocycles. The monoisotopic (exact) mass is 643 g/mol. The van der Waals surface area contributed by atoms with Crippen LogP contribution in [0.2, 0.25) is 0 Å². The molecule has 0 radical (unpaired) electrons. The molecule has 1 N–H and O–H groups in total. The van der Waals surface area contributed by atoms with Crippen LogP contribution in [0.25, 0.3) is 11.3 Å². The van der Waals surface area contributed by atoms with Gasteiger partial charge in [-0.15, -0.1) is 10.3 Å². The highest BCUT2D eigenvalue weighted by molar-refractivity contribution is 8.29. The van der Waals surface area contributed by atoms with Gasteiger partial charge < -0.3 is 14.2 Å². The highest BCUT2D eigenvalue weighted by Gasteiger charge is 2.46. The van der Waals surface area contributed by atoms with E-state index in [1.54, 1.807) is 52.1 Å². The van der Waals surface area contributed by atoms with E-state index in [1.807, 2.05) is 13.0 Å². The molecule has 0 spiro atoms. The minimum atomic E-state index is -2.58. The van der Waals surface area contributed by atoms with E-state index in [0.29, 0.717) is 40.6 Å². The van der Waals surface area contributed by atoms with E-state index in [4.69, 9.17) is 8.92 Å². The van der Waals surface area contributed by atoms with Crippen LogP contribution in [0.1, 0.15) is 65.3 Å². The number of nitriles is 1. The van der Waals surface area contributed by atoms with Crippen molar-refractivity contribution in [3.8, 4) is 17.3 Å². The Balaban J connectivity index is 1.78. The molecule has 244 valence electrons. The van der Waals surface area contributed by atoms with Gasteiger partial charge in [0.25, 0.3) is 6.43 Å². The van der Waals surface area contributed by atoms with Crippen LogP contribution < -0.4 is 10.2 Å². The fourth-order valence-electron chi connectivity index (χ4n) is 4.79. The van der Waals surface area contributed by atoms with Crippen molar-refractivity contribution in [1.82, 2.24) is 19.7 Å². The smallest absolute Gasteiger partial charge is 0.414 e. The summed E-state index contributed by atoms with van der Waals surface area (Å²) in [6, 6.07) is 9.24. The third-order valence-corrected chi connectivity index (χ3v) is 11.5. The highest BCUT2D eigenvalue weighted by Crippen LogP contribution is 2.56. The van der Waals surface area contributed by atoms with Crippen molar-refractivity contribution in [2.24, 2.45) is 0 Å². The molecule has 3 aromatic rings. The molecule has 0 fully saturated rings. The summed E-state index contributed by atoms with van der Waals surface area (Å²) in [6.07, 6.45) is 2.68. The summed E-state index contributed by atoms with van der Waals surface area (Å²) in [4.78, 5) is 23.9. The zero-order valence-electron chi connectivity index (χ0n) is 27.7. The van der Waals surface area contributed by atoms with Gasteiger partial charge in [0.1, 0.15) is 24.0 Å². The van der Waals surface area contributed by atoms with Gasteiger partial charge >= 0.3 is 6.09 Å². The number of amides is 1. The van der Waals surface area contributed by atoms with Crippen LogP contribution >= 0.6 is 10.3 Å². The number of nitrogens with zero attached hydrogens (tertiary/aromatic N) is 6. The van der Waals surface area contributed by atoms with Crippen molar-refractivity contribution in [1.29, 1.82) is 5.26 Å². The number of hydrogen-bond acceptors (Lipinski definition) is 8. The molecule has 0 saturated carbocycles. The summed E-state index contributed by atoms with van der Waals surface area (Å²) >= 11 is 0. The minimum absolute atomic E-state index is 0.0805. The molecular weight excluding hydrogens is 600 g/mol. The normalized spacial score (nSPS) is 17.3. The topological polar surface area (TPSA) is 118 Å². The molecular formula is C32H43F2N7O3S. The van der Waals surface area contributed by atoms with E-state index in [0.717, 1.165) is 5.56 Å². The number of alkyl halides is 2. The largest absolute Gasteiger partial charge is 0.443 e. The first-order valence-electron chi connectivity index (χ1n) is 14.6. The lowest BCUT2D eigenvalue weighted by molar-refractivity contribution is 0.0576. The van der Waals surface area contributed by atoms with Crippen molar-refractivity contribution in [3.05, 3.63) is 47.3 Å². The molecule has 1 aromatic carbocycles. The third kappa shape index (κ3) is 7.56. The number of carbonyl (C=O) groups is 1. The fraction of sp³-hybridized carbons (Fsp3) is 0.531. The number of aryl methyl sites for hydroxylation is 1. The summed E-state index contributed by atoms with van der Waals surface area (Å²) in [5.41, 5.74) is 1.85. The molecule has 45 heavy (non-hydrogen) atoms. The first kappa shape index (κ1) is 34.1. The van der Waals surface area contributed by atoms with E-state index < -0.39 is 40.4 Å². The molecule has 1 unspecified atom stereocenters. The number of fused-ring (bicyclic) bond motifs is 1. The predicted molar refractivity (Wildman–Crippen MR) is 175 cm³/mol. The lowest BCUT2D eigenvalue weighted by Gasteiger charge is -2.45. The lowest BCUT2D eigenvalue weighted by Crippen LogP contribution is -2.41.